The number of benzene rings is 1. The maximum atomic E-state index is 13.4. The van der Waals surface area contributed by atoms with E-state index in [9.17, 15) is 9.59 Å². The fraction of sp³-hybridized carbons (Fsp3) is 0.200. The molecule has 29 heavy (non-hydrogen) atoms. The molecule has 0 radical (unpaired) electrons. The molecule has 8 nitrogen and oxygen atoms in total. The molecule has 3 aromatic rings. The van der Waals surface area contributed by atoms with Crippen molar-refractivity contribution in [2.75, 3.05) is 35.8 Å². The van der Waals surface area contributed by atoms with E-state index in [1.54, 1.807) is 30.7 Å². The number of fused-ring (bicyclic) bond motifs is 4. The first-order chi connectivity index (χ1) is 14.0. The molecule has 1 aromatic carbocycles. The fourth-order valence-corrected chi connectivity index (χ4v) is 4.65. The largest absolute Gasteiger partial charge is 0.482 e. The number of pyridine rings is 1. The quantitative estimate of drug-likeness (QED) is 0.706. The summed E-state index contributed by atoms with van der Waals surface area (Å²) in [4.78, 5) is 38.9. The monoisotopic (exact) mass is 407 g/mol. The van der Waals surface area contributed by atoms with Crippen LogP contribution >= 0.6 is 11.3 Å². The highest BCUT2D eigenvalue weighted by molar-refractivity contribution is 7.20. The Morgan fingerprint density at radius 3 is 2.93 bits per heavy atom. The first-order valence-corrected chi connectivity index (χ1v) is 9.82. The van der Waals surface area contributed by atoms with E-state index in [1.807, 2.05) is 25.1 Å². The van der Waals surface area contributed by atoms with E-state index in [2.05, 4.69) is 15.3 Å². The van der Waals surface area contributed by atoms with Gasteiger partial charge in [-0.25, -0.2) is 4.98 Å². The minimum atomic E-state index is -0.223. The van der Waals surface area contributed by atoms with E-state index in [-0.39, 0.29) is 18.4 Å². The molecule has 1 N–H and O–H groups in total. The summed E-state index contributed by atoms with van der Waals surface area (Å²) >= 11 is 1.38. The predicted octanol–water partition coefficient (Wildman–Crippen LogP) is 2.88. The molecule has 4 heterocycles. The van der Waals surface area contributed by atoms with E-state index in [4.69, 9.17) is 4.74 Å². The highest BCUT2D eigenvalue weighted by Crippen LogP contribution is 2.39. The lowest BCUT2D eigenvalue weighted by Crippen LogP contribution is -2.29. The van der Waals surface area contributed by atoms with Gasteiger partial charge in [0.15, 0.2) is 6.61 Å². The summed E-state index contributed by atoms with van der Waals surface area (Å²) in [5, 5.41) is 3.74. The van der Waals surface area contributed by atoms with Gasteiger partial charge >= 0.3 is 0 Å². The number of anilines is 3. The van der Waals surface area contributed by atoms with E-state index >= 15 is 0 Å². The Hall–Kier alpha value is -3.46. The van der Waals surface area contributed by atoms with Crippen LogP contribution in [0.25, 0.3) is 10.2 Å². The van der Waals surface area contributed by atoms with Crippen molar-refractivity contribution in [1.29, 1.82) is 0 Å². The van der Waals surface area contributed by atoms with Gasteiger partial charge in [-0.3, -0.25) is 19.5 Å². The van der Waals surface area contributed by atoms with Gasteiger partial charge in [0.2, 0.25) is 0 Å². The van der Waals surface area contributed by atoms with Crippen LogP contribution in [-0.4, -0.2) is 43.8 Å². The van der Waals surface area contributed by atoms with Gasteiger partial charge in [-0.1, -0.05) is 0 Å². The normalized spacial score (nSPS) is 15.4. The number of carbonyl (C=O) groups excluding carboxylic acids is 2. The number of aliphatic imine (C=N–C) groups is 1. The van der Waals surface area contributed by atoms with Crippen molar-refractivity contribution in [2.24, 2.45) is 4.99 Å². The number of rotatable bonds is 2. The standard InChI is InChI=1S/C20H17N5O3S/c1-24(2)14-5-6-22-19-17(14)12-8-21-10-25(20(27)18(12)29-19)11-3-4-15-13(7-11)23-16(26)9-28-15/h3-7,10H,8-9H2,1-2H3,(H,23,26). The number of nitrogens with one attached hydrogen (secondary N) is 1. The Morgan fingerprint density at radius 1 is 1.24 bits per heavy atom. The highest BCUT2D eigenvalue weighted by Gasteiger charge is 2.28. The molecule has 0 saturated heterocycles. The zero-order chi connectivity index (χ0) is 20.1. The molecule has 0 atom stereocenters. The topological polar surface area (TPSA) is 87.1 Å². The molecular weight excluding hydrogens is 390 g/mol. The lowest BCUT2D eigenvalue weighted by atomic mass is 10.1. The third-order valence-corrected chi connectivity index (χ3v) is 6.01. The Balaban J connectivity index is 1.60. The molecule has 0 saturated carbocycles. The Morgan fingerprint density at radius 2 is 2.10 bits per heavy atom. The van der Waals surface area contributed by atoms with Crippen molar-refractivity contribution < 1.29 is 14.3 Å². The van der Waals surface area contributed by atoms with Crippen LogP contribution < -0.4 is 19.9 Å². The zero-order valence-electron chi connectivity index (χ0n) is 15.8. The van der Waals surface area contributed by atoms with E-state index in [1.165, 1.54) is 16.2 Å². The number of aromatic nitrogens is 1. The molecule has 0 fully saturated rings. The van der Waals surface area contributed by atoms with E-state index in [0.29, 0.717) is 28.5 Å². The second kappa shape index (κ2) is 6.56. The first-order valence-electron chi connectivity index (χ1n) is 9.01. The van der Waals surface area contributed by atoms with Crippen molar-refractivity contribution >= 4 is 56.8 Å². The Kier molecular flexibility index (Phi) is 3.99. The third-order valence-electron chi connectivity index (χ3n) is 4.88. The fourth-order valence-electron chi connectivity index (χ4n) is 3.54. The van der Waals surface area contributed by atoms with Crippen molar-refractivity contribution in [3.8, 4) is 5.75 Å². The van der Waals surface area contributed by atoms with Crippen LogP contribution in [0.15, 0.2) is 35.5 Å². The van der Waals surface area contributed by atoms with E-state index in [0.717, 1.165) is 21.5 Å². The number of amides is 2. The van der Waals surface area contributed by atoms with E-state index < -0.39 is 0 Å². The van der Waals surface area contributed by atoms with Gasteiger partial charge in [-0.05, 0) is 24.3 Å². The lowest BCUT2D eigenvalue weighted by Gasteiger charge is -2.21. The first kappa shape index (κ1) is 17.6. The van der Waals surface area contributed by atoms with Crippen LogP contribution in [0, 0.1) is 0 Å². The average molecular weight is 407 g/mol. The van der Waals surface area contributed by atoms with Crippen molar-refractivity contribution in [3.05, 3.63) is 40.9 Å². The van der Waals surface area contributed by atoms with Crippen LogP contribution in [0.3, 0.4) is 0 Å². The summed E-state index contributed by atoms with van der Waals surface area (Å²) < 4.78 is 5.40. The van der Waals surface area contributed by atoms with Crippen LogP contribution in [0.5, 0.6) is 5.75 Å². The number of hydrogen-bond donors (Lipinski definition) is 1. The van der Waals surface area contributed by atoms with Crippen molar-refractivity contribution in [2.45, 2.75) is 6.54 Å². The van der Waals surface area contributed by atoms with Crippen LogP contribution in [0.1, 0.15) is 15.2 Å². The number of ether oxygens (including phenoxy) is 1. The summed E-state index contributed by atoms with van der Waals surface area (Å²) in [6.07, 6.45) is 3.30. The Labute approximate surface area is 170 Å². The highest BCUT2D eigenvalue weighted by atomic mass is 32.1. The van der Waals surface area contributed by atoms with Gasteiger partial charge in [0.1, 0.15) is 15.5 Å². The van der Waals surface area contributed by atoms with Crippen molar-refractivity contribution in [1.82, 2.24) is 4.98 Å². The lowest BCUT2D eigenvalue weighted by molar-refractivity contribution is -0.118. The van der Waals surface area contributed by atoms with Gasteiger partial charge in [0.25, 0.3) is 11.8 Å². The minimum absolute atomic E-state index is 0.0111. The Bertz CT molecular complexity index is 1200. The maximum Gasteiger partial charge on any atom is 0.274 e. The minimum Gasteiger partial charge on any atom is -0.482 e. The van der Waals surface area contributed by atoms with Crippen LogP contribution in [0.2, 0.25) is 0 Å². The molecule has 0 bridgehead atoms. The smallest absolute Gasteiger partial charge is 0.274 e. The van der Waals surface area contributed by atoms with Crippen molar-refractivity contribution in [3.63, 3.8) is 0 Å². The molecule has 9 heteroatoms. The molecule has 0 spiro atoms. The number of nitrogens with zero attached hydrogens (tertiary/aromatic N) is 4. The van der Waals surface area contributed by atoms with Gasteiger partial charge in [0, 0.05) is 36.9 Å². The maximum absolute atomic E-state index is 13.4. The number of carbonyl (C=O) groups is 2. The summed E-state index contributed by atoms with van der Waals surface area (Å²) in [5.74, 6) is 0.187. The molecule has 0 aliphatic carbocycles. The summed E-state index contributed by atoms with van der Waals surface area (Å²) in [6, 6.07) is 7.19. The average Bonchev–Trinajstić information content (AvgIpc) is 3.01. The summed E-state index contributed by atoms with van der Waals surface area (Å²) in [7, 11) is 3.94. The van der Waals surface area contributed by atoms with Gasteiger partial charge in [-0.2, -0.15) is 0 Å². The van der Waals surface area contributed by atoms with Gasteiger partial charge < -0.3 is 15.0 Å². The molecule has 0 unspecified atom stereocenters. The molecule has 2 aliphatic heterocycles. The molecule has 5 rings (SSSR count). The molecule has 2 amide bonds. The summed E-state index contributed by atoms with van der Waals surface area (Å²) in [6.45, 7) is 0.387. The SMILES string of the molecule is CN(C)c1ccnc2sc3c(c12)CN=CN(c1ccc2c(c1)NC(=O)CO2)C3=O. The van der Waals surface area contributed by atoms with Gasteiger partial charge in [-0.15, -0.1) is 11.3 Å². The van der Waals surface area contributed by atoms with Crippen LogP contribution in [0.4, 0.5) is 17.1 Å². The van der Waals surface area contributed by atoms with Gasteiger partial charge in [0.05, 0.1) is 24.3 Å². The number of hydrogen-bond acceptors (Lipinski definition) is 7. The number of thiophene rings is 1. The second-order valence-corrected chi connectivity index (χ2v) is 7.96. The zero-order valence-corrected chi connectivity index (χ0v) is 16.6. The third kappa shape index (κ3) is 2.82. The molecular formula is C20H17N5O3S. The summed E-state index contributed by atoms with van der Waals surface area (Å²) in [5.41, 5.74) is 3.05. The molecule has 146 valence electrons. The van der Waals surface area contributed by atoms with Crippen LogP contribution in [-0.2, 0) is 11.3 Å². The predicted molar refractivity (Wildman–Crippen MR) is 114 cm³/mol. The molecule has 2 aromatic heterocycles. The molecule has 2 aliphatic rings. The second-order valence-electron chi connectivity index (χ2n) is 6.96.